The minimum Gasteiger partial charge on any atom is -0.465 e. The number of ether oxygens (including phenoxy) is 1. The third-order valence-electron chi connectivity index (χ3n) is 0.835. The average Bonchev–Trinajstić information content (AvgIpc) is 1.77. The molecule has 0 fully saturated rings. The first-order valence-corrected chi connectivity index (χ1v) is 4.15. The number of hydrogen-bond acceptors (Lipinski definition) is 4. The summed E-state index contributed by atoms with van der Waals surface area (Å²) in [6.07, 6.45) is -2.14. The van der Waals surface area contributed by atoms with Gasteiger partial charge in [-0.3, -0.25) is 10.6 Å². The summed E-state index contributed by atoms with van der Waals surface area (Å²) >= 11 is 4.49. The largest absolute Gasteiger partial charge is 0.465 e. The molecule has 0 heterocycles. The van der Waals surface area contributed by atoms with E-state index < -0.39 is 17.8 Å². The van der Waals surface area contributed by atoms with Gasteiger partial charge in [-0.15, -0.1) is 0 Å². The van der Waals surface area contributed by atoms with E-state index in [0.29, 0.717) is 0 Å². The molecule has 0 spiro atoms. The molecule has 3 N–H and O–H groups in total. The van der Waals surface area contributed by atoms with Crippen LogP contribution in [0.5, 0.6) is 0 Å². The van der Waals surface area contributed by atoms with Gasteiger partial charge in [-0.2, -0.15) is 0 Å². The normalized spacial score (nSPS) is 10.2. The van der Waals surface area contributed by atoms with Crippen molar-refractivity contribution in [1.82, 2.24) is 10.6 Å². The molecule has 0 aromatic carbocycles. The summed E-state index contributed by atoms with van der Waals surface area (Å²) in [6.45, 7) is 5.04. The van der Waals surface area contributed by atoms with Crippen LogP contribution in [0, 0.1) is 0 Å². The van der Waals surface area contributed by atoms with Gasteiger partial charge in [0.25, 0.3) is 0 Å². The molecule has 0 aromatic heterocycles. The first kappa shape index (κ1) is 12.6. The monoisotopic (exact) mass is 220 g/mol. The third kappa shape index (κ3) is 7.29. The zero-order valence-electron chi connectivity index (χ0n) is 8.08. The van der Waals surface area contributed by atoms with Crippen molar-refractivity contribution in [2.75, 3.05) is 0 Å². The van der Waals surface area contributed by atoms with Crippen LogP contribution in [0.4, 0.5) is 9.59 Å². The van der Waals surface area contributed by atoms with Crippen molar-refractivity contribution >= 4 is 29.5 Å². The smallest absolute Gasteiger partial charge is 0.413 e. The predicted octanol–water partition coefficient (Wildman–Crippen LogP) is 1.06. The summed E-state index contributed by atoms with van der Waals surface area (Å²) in [4.78, 5) is 21.1. The molecule has 0 rings (SSSR count). The molecule has 0 aliphatic carbocycles. The van der Waals surface area contributed by atoms with Crippen molar-refractivity contribution in [3.8, 4) is 0 Å². The van der Waals surface area contributed by atoms with Crippen LogP contribution >= 0.6 is 12.2 Å². The van der Waals surface area contributed by atoms with Gasteiger partial charge in [0, 0.05) is 0 Å². The lowest BCUT2D eigenvalue weighted by Gasteiger charge is -2.19. The Balaban J connectivity index is 3.96. The van der Waals surface area contributed by atoms with Crippen LogP contribution in [0.3, 0.4) is 0 Å². The molecule has 0 atom stereocenters. The standard InChI is InChI=1S/C7H12N2O4S/c1-7(2,3)13-6(12)9-4(14)8-5(10)11/h1-3H3,(H,10,11)(H2,8,9,12,14). The fourth-order valence-corrected chi connectivity index (χ4v) is 0.695. The van der Waals surface area contributed by atoms with Gasteiger partial charge in [-0.1, -0.05) is 0 Å². The number of carboxylic acid groups (broad SMARTS) is 1. The number of amides is 2. The number of alkyl carbamates (subject to hydrolysis) is 1. The number of carbonyl (C=O) groups excluding carboxylic acids is 1. The lowest BCUT2D eigenvalue weighted by molar-refractivity contribution is 0.0563. The van der Waals surface area contributed by atoms with E-state index in [4.69, 9.17) is 9.84 Å². The van der Waals surface area contributed by atoms with Gasteiger partial charge in [0.15, 0.2) is 5.11 Å². The zero-order chi connectivity index (χ0) is 11.4. The van der Waals surface area contributed by atoms with Crippen LogP contribution in [0.15, 0.2) is 0 Å². The van der Waals surface area contributed by atoms with Crippen LogP contribution in [0.2, 0.25) is 0 Å². The zero-order valence-corrected chi connectivity index (χ0v) is 8.90. The fourth-order valence-electron chi connectivity index (χ4n) is 0.525. The van der Waals surface area contributed by atoms with E-state index in [1.165, 1.54) is 0 Å². The molecule has 0 radical (unpaired) electrons. The second kappa shape index (κ2) is 4.75. The maximum absolute atomic E-state index is 11.0. The first-order valence-electron chi connectivity index (χ1n) is 3.74. The predicted molar refractivity (Wildman–Crippen MR) is 53.1 cm³/mol. The lowest BCUT2D eigenvalue weighted by atomic mass is 10.2. The Morgan fingerprint density at radius 2 is 1.79 bits per heavy atom. The van der Waals surface area contributed by atoms with Crippen molar-refractivity contribution in [3.63, 3.8) is 0 Å². The van der Waals surface area contributed by atoms with Gasteiger partial charge < -0.3 is 9.84 Å². The molecule has 0 unspecified atom stereocenters. The number of carbonyl (C=O) groups is 2. The van der Waals surface area contributed by atoms with Crippen LogP contribution in [-0.4, -0.2) is 28.0 Å². The van der Waals surface area contributed by atoms with E-state index in [1.807, 2.05) is 5.32 Å². The highest BCUT2D eigenvalue weighted by Crippen LogP contribution is 2.06. The minimum atomic E-state index is -1.34. The summed E-state index contributed by atoms with van der Waals surface area (Å²) in [5.74, 6) is 0. The minimum absolute atomic E-state index is 0.313. The molecule has 0 aliphatic rings. The molecule has 0 bridgehead atoms. The van der Waals surface area contributed by atoms with E-state index >= 15 is 0 Å². The molecular weight excluding hydrogens is 208 g/mol. The molecule has 80 valence electrons. The summed E-state index contributed by atoms with van der Waals surface area (Å²) in [5.41, 5.74) is -0.650. The Kier molecular flexibility index (Phi) is 4.29. The molecule has 14 heavy (non-hydrogen) atoms. The topological polar surface area (TPSA) is 87.7 Å². The molecule has 0 saturated carbocycles. The van der Waals surface area contributed by atoms with Crippen molar-refractivity contribution in [2.24, 2.45) is 0 Å². The highest BCUT2D eigenvalue weighted by molar-refractivity contribution is 7.80. The van der Waals surface area contributed by atoms with Gasteiger partial charge in [-0.25, -0.2) is 9.59 Å². The highest BCUT2D eigenvalue weighted by atomic mass is 32.1. The highest BCUT2D eigenvalue weighted by Gasteiger charge is 2.17. The van der Waals surface area contributed by atoms with Crippen molar-refractivity contribution in [2.45, 2.75) is 26.4 Å². The molecule has 6 nitrogen and oxygen atoms in total. The summed E-state index contributed by atoms with van der Waals surface area (Å²) in [7, 11) is 0. The number of thiocarbonyl (C=S) groups is 1. The Hall–Kier alpha value is -1.37. The van der Waals surface area contributed by atoms with E-state index in [0.717, 1.165) is 0 Å². The molecule has 2 amide bonds. The Morgan fingerprint density at radius 3 is 2.14 bits per heavy atom. The van der Waals surface area contributed by atoms with E-state index in [9.17, 15) is 9.59 Å². The third-order valence-corrected chi connectivity index (χ3v) is 1.04. The van der Waals surface area contributed by atoms with Crippen LogP contribution in [0.1, 0.15) is 20.8 Å². The summed E-state index contributed by atoms with van der Waals surface area (Å²) in [6, 6.07) is 0. The molecular formula is C7H12N2O4S. The second-order valence-electron chi connectivity index (χ2n) is 3.39. The van der Waals surface area contributed by atoms with Crippen LogP contribution < -0.4 is 10.6 Å². The maximum atomic E-state index is 11.0. The molecule has 0 aliphatic heterocycles. The fraction of sp³-hybridized carbons (Fsp3) is 0.571. The van der Waals surface area contributed by atoms with Gasteiger partial charge in [0.05, 0.1) is 0 Å². The Morgan fingerprint density at radius 1 is 1.29 bits per heavy atom. The lowest BCUT2D eigenvalue weighted by Crippen LogP contribution is -2.43. The quantitative estimate of drug-likeness (QED) is 0.531. The summed E-state index contributed by atoms with van der Waals surface area (Å²) in [5, 5.41) is 11.8. The van der Waals surface area contributed by atoms with Gasteiger partial charge >= 0.3 is 12.2 Å². The van der Waals surface area contributed by atoms with Crippen molar-refractivity contribution in [1.29, 1.82) is 0 Å². The van der Waals surface area contributed by atoms with Gasteiger partial charge in [0.2, 0.25) is 0 Å². The van der Waals surface area contributed by atoms with Gasteiger partial charge in [-0.05, 0) is 33.0 Å². The van der Waals surface area contributed by atoms with Crippen molar-refractivity contribution < 1.29 is 19.4 Å². The van der Waals surface area contributed by atoms with Crippen LogP contribution in [0.25, 0.3) is 0 Å². The van der Waals surface area contributed by atoms with E-state index in [-0.39, 0.29) is 5.11 Å². The first-order chi connectivity index (χ1) is 6.20. The molecule has 0 aromatic rings. The van der Waals surface area contributed by atoms with Gasteiger partial charge in [0.1, 0.15) is 5.60 Å². The van der Waals surface area contributed by atoms with Crippen LogP contribution in [-0.2, 0) is 4.74 Å². The number of hydrogen-bond donors (Lipinski definition) is 3. The number of nitrogens with one attached hydrogen (secondary N) is 2. The van der Waals surface area contributed by atoms with Crippen molar-refractivity contribution in [3.05, 3.63) is 0 Å². The van der Waals surface area contributed by atoms with E-state index in [1.54, 1.807) is 26.1 Å². The Bertz CT molecular complexity index is 259. The second-order valence-corrected chi connectivity index (χ2v) is 3.79. The number of rotatable bonds is 0. The Labute approximate surface area is 86.6 Å². The summed E-state index contributed by atoms with van der Waals surface area (Å²) < 4.78 is 4.82. The maximum Gasteiger partial charge on any atom is 0.413 e. The average molecular weight is 220 g/mol. The SMILES string of the molecule is CC(C)(C)OC(=O)NC(=S)NC(=O)O. The molecule has 0 saturated heterocycles. The molecule has 7 heteroatoms. The van der Waals surface area contributed by atoms with E-state index in [2.05, 4.69) is 12.2 Å².